The topological polar surface area (TPSA) is 76.1 Å². The Morgan fingerprint density at radius 2 is 2.20 bits per heavy atom. The molecule has 0 amide bonds. The van der Waals surface area contributed by atoms with E-state index in [0.29, 0.717) is 18.2 Å². The molecule has 1 rings (SSSR count). The minimum absolute atomic E-state index is 0.396. The maximum atomic E-state index is 9.18. The number of nitrogens with two attached hydrogens (primary N) is 1. The molecule has 86 valence electrons. The number of hydrogen-bond acceptors (Lipinski definition) is 4. The predicted molar refractivity (Wildman–Crippen MR) is 61.6 cm³/mol. The highest BCUT2D eigenvalue weighted by atomic mass is 16.3. The molecule has 0 spiro atoms. The molecule has 0 bridgehead atoms. The number of nitrogen functional groups attached to an aromatic ring is 1. The van der Waals surface area contributed by atoms with Crippen molar-refractivity contribution < 1.29 is 5.11 Å². The van der Waals surface area contributed by atoms with Crippen LogP contribution in [0.25, 0.3) is 0 Å². The first kappa shape index (κ1) is 11.8. The first-order valence-corrected chi connectivity index (χ1v) is 5.24. The molecule has 0 aliphatic carbocycles. The summed E-state index contributed by atoms with van der Waals surface area (Å²) in [6, 6.07) is 0. The van der Waals surface area contributed by atoms with Gasteiger partial charge in [-0.1, -0.05) is 13.8 Å². The van der Waals surface area contributed by atoms with Gasteiger partial charge in [0.25, 0.3) is 0 Å². The van der Waals surface area contributed by atoms with Crippen molar-refractivity contribution in [2.45, 2.75) is 33.4 Å². The second kappa shape index (κ2) is 5.02. The third-order valence-electron chi connectivity index (χ3n) is 1.97. The van der Waals surface area contributed by atoms with E-state index in [9.17, 15) is 5.11 Å². The van der Waals surface area contributed by atoms with Crippen molar-refractivity contribution in [3.05, 3.63) is 6.20 Å². The summed E-state index contributed by atoms with van der Waals surface area (Å²) in [6.07, 6.45) is 1.24. The van der Waals surface area contributed by atoms with Gasteiger partial charge in [0.2, 0.25) is 0 Å². The van der Waals surface area contributed by atoms with E-state index in [1.54, 1.807) is 13.1 Å². The van der Waals surface area contributed by atoms with Gasteiger partial charge in [0, 0.05) is 13.1 Å². The standard InChI is InChI=1S/C10H20N4O/c1-7(2)6-14-10(9(11)5-13-14)12-4-8(3)15/h5,7-8,12,15H,4,6,11H2,1-3H3. The van der Waals surface area contributed by atoms with Crippen LogP contribution in [0.4, 0.5) is 11.5 Å². The smallest absolute Gasteiger partial charge is 0.147 e. The van der Waals surface area contributed by atoms with Crippen molar-refractivity contribution in [3.8, 4) is 0 Å². The second-order valence-corrected chi connectivity index (χ2v) is 4.25. The Morgan fingerprint density at radius 3 is 2.73 bits per heavy atom. The largest absolute Gasteiger partial charge is 0.394 e. The summed E-state index contributed by atoms with van der Waals surface area (Å²) in [6.45, 7) is 7.27. The van der Waals surface area contributed by atoms with E-state index in [2.05, 4.69) is 24.3 Å². The minimum Gasteiger partial charge on any atom is -0.394 e. The van der Waals surface area contributed by atoms with Crippen LogP contribution >= 0.6 is 0 Å². The molecule has 5 nitrogen and oxygen atoms in total. The molecule has 0 saturated heterocycles. The fourth-order valence-electron chi connectivity index (χ4n) is 1.32. The summed E-state index contributed by atoms with van der Waals surface area (Å²) in [5, 5.41) is 16.5. The number of nitrogens with zero attached hydrogens (tertiary/aromatic N) is 2. The van der Waals surface area contributed by atoms with Gasteiger partial charge in [-0.15, -0.1) is 0 Å². The van der Waals surface area contributed by atoms with Crippen LogP contribution in [0.2, 0.25) is 0 Å². The van der Waals surface area contributed by atoms with Crippen LogP contribution < -0.4 is 11.1 Å². The molecular formula is C10H20N4O. The van der Waals surface area contributed by atoms with Crippen LogP contribution in [-0.4, -0.2) is 27.5 Å². The molecule has 0 aromatic carbocycles. The number of anilines is 2. The number of rotatable bonds is 5. The molecule has 0 aliphatic heterocycles. The number of nitrogens with one attached hydrogen (secondary N) is 1. The normalized spacial score (nSPS) is 13.1. The number of aliphatic hydroxyl groups is 1. The van der Waals surface area contributed by atoms with E-state index < -0.39 is 6.10 Å². The summed E-state index contributed by atoms with van der Waals surface area (Å²) in [5.74, 6) is 1.31. The van der Waals surface area contributed by atoms with Gasteiger partial charge < -0.3 is 16.2 Å². The average Bonchev–Trinajstić information content (AvgIpc) is 2.43. The SMILES string of the molecule is CC(C)Cn1ncc(N)c1NCC(C)O. The summed E-state index contributed by atoms with van der Waals surface area (Å²) in [7, 11) is 0. The highest BCUT2D eigenvalue weighted by Gasteiger charge is 2.09. The average molecular weight is 212 g/mol. The first-order valence-electron chi connectivity index (χ1n) is 5.24. The molecule has 1 atom stereocenters. The fraction of sp³-hybridized carbons (Fsp3) is 0.700. The minimum atomic E-state index is -0.396. The Bertz CT molecular complexity index is 306. The van der Waals surface area contributed by atoms with Crippen molar-refractivity contribution in [1.82, 2.24) is 9.78 Å². The Labute approximate surface area is 90.3 Å². The fourth-order valence-corrected chi connectivity index (χ4v) is 1.32. The second-order valence-electron chi connectivity index (χ2n) is 4.25. The maximum Gasteiger partial charge on any atom is 0.147 e. The first-order chi connectivity index (χ1) is 7.00. The molecular weight excluding hydrogens is 192 g/mol. The molecule has 0 aliphatic rings. The molecule has 0 saturated carbocycles. The molecule has 1 heterocycles. The Morgan fingerprint density at radius 1 is 1.53 bits per heavy atom. The van der Waals surface area contributed by atoms with Gasteiger partial charge in [-0.3, -0.25) is 0 Å². The third kappa shape index (κ3) is 3.43. The third-order valence-corrected chi connectivity index (χ3v) is 1.97. The van der Waals surface area contributed by atoms with E-state index in [1.165, 1.54) is 0 Å². The Hall–Kier alpha value is -1.23. The Balaban J connectivity index is 2.70. The van der Waals surface area contributed by atoms with Crippen molar-refractivity contribution in [2.75, 3.05) is 17.6 Å². The molecule has 0 radical (unpaired) electrons. The van der Waals surface area contributed by atoms with E-state index in [1.807, 2.05) is 4.68 Å². The number of hydrogen-bond donors (Lipinski definition) is 3. The lowest BCUT2D eigenvalue weighted by atomic mass is 10.2. The molecule has 1 unspecified atom stereocenters. The van der Waals surface area contributed by atoms with Crippen LogP contribution in [0, 0.1) is 5.92 Å². The van der Waals surface area contributed by atoms with Crippen molar-refractivity contribution in [2.24, 2.45) is 5.92 Å². The van der Waals surface area contributed by atoms with Crippen LogP contribution in [0.5, 0.6) is 0 Å². The van der Waals surface area contributed by atoms with Crippen LogP contribution in [0.1, 0.15) is 20.8 Å². The zero-order chi connectivity index (χ0) is 11.4. The zero-order valence-corrected chi connectivity index (χ0v) is 9.57. The summed E-state index contributed by atoms with van der Waals surface area (Å²) in [4.78, 5) is 0. The molecule has 1 aromatic rings. The lowest BCUT2D eigenvalue weighted by molar-refractivity contribution is 0.208. The predicted octanol–water partition coefficient (Wildman–Crippen LogP) is 0.914. The molecule has 4 N–H and O–H groups in total. The van der Waals surface area contributed by atoms with Crippen molar-refractivity contribution in [1.29, 1.82) is 0 Å². The van der Waals surface area contributed by atoms with Gasteiger partial charge in [-0.2, -0.15) is 5.10 Å². The van der Waals surface area contributed by atoms with Gasteiger partial charge in [-0.05, 0) is 12.8 Å². The number of aromatic nitrogens is 2. The quantitative estimate of drug-likeness (QED) is 0.678. The lowest BCUT2D eigenvalue weighted by Gasteiger charge is -2.13. The summed E-state index contributed by atoms with van der Waals surface area (Å²) < 4.78 is 1.84. The van der Waals surface area contributed by atoms with E-state index in [4.69, 9.17) is 5.73 Å². The molecule has 1 aromatic heterocycles. The van der Waals surface area contributed by atoms with Gasteiger partial charge in [0.1, 0.15) is 5.82 Å². The summed E-state index contributed by atoms with van der Waals surface area (Å²) >= 11 is 0. The van der Waals surface area contributed by atoms with Gasteiger partial charge in [0.15, 0.2) is 0 Å². The molecule has 0 fully saturated rings. The Kier molecular flexibility index (Phi) is 3.96. The monoisotopic (exact) mass is 212 g/mol. The summed E-state index contributed by atoms with van der Waals surface area (Å²) in [5.41, 5.74) is 6.40. The van der Waals surface area contributed by atoms with Crippen LogP contribution in [-0.2, 0) is 6.54 Å². The molecule has 15 heavy (non-hydrogen) atoms. The highest BCUT2D eigenvalue weighted by molar-refractivity contribution is 5.60. The van der Waals surface area contributed by atoms with Crippen molar-refractivity contribution in [3.63, 3.8) is 0 Å². The van der Waals surface area contributed by atoms with Gasteiger partial charge in [-0.25, -0.2) is 4.68 Å². The van der Waals surface area contributed by atoms with Crippen molar-refractivity contribution >= 4 is 11.5 Å². The highest BCUT2D eigenvalue weighted by Crippen LogP contribution is 2.18. The van der Waals surface area contributed by atoms with Crippen LogP contribution in [0.3, 0.4) is 0 Å². The van der Waals surface area contributed by atoms with Gasteiger partial charge in [0.05, 0.1) is 18.0 Å². The maximum absolute atomic E-state index is 9.18. The molecule has 5 heteroatoms. The lowest BCUT2D eigenvalue weighted by Crippen LogP contribution is -2.19. The van der Waals surface area contributed by atoms with Gasteiger partial charge >= 0.3 is 0 Å². The van der Waals surface area contributed by atoms with Crippen LogP contribution in [0.15, 0.2) is 6.20 Å². The van der Waals surface area contributed by atoms with E-state index >= 15 is 0 Å². The zero-order valence-electron chi connectivity index (χ0n) is 9.57. The van der Waals surface area contributed by atoms with E-state index in [-0.39, 0.29) is 0 Å². The van der Waals surface area contributed by atoms with E-state index in [0.717, 1.165) is 12.4 Å². The number of aliphatic hydroxyl groups excluding tert-OH is 1.